The summed E-state index contributed by atoms with van der Waals surface area (Å²) in [7, 11) is 0. The number of carbonyl (C=O) groups excluding carboxylic acids is 1. The molecular formula is C6H14NO2RbRe. The molecule has 0 aromatic heterocycles. The molecule has 1 radical (unpaired) electrons. The number of nitrogens with one attached hydrogen (secondary N) is 1. The van der Waals surface area contributed by atoms with Gasteiger partial charge in [0.25, 0.3) is 0 Å². The second kappa shape index (κ2) is 18.0. The van der Waals surface area contributed by atoms with Crippen molar-refractivity contribution in [2.75, 3.05) is 6.61 Å². The molecule has 0 rings (SSSR count). The van der Waals surface area contributed by atoms with Crippen LogP contribution in [0.15, 0.2) is 0 Å². The van der Waals surface area contributed by atoms with E-state index in [1.807, 2.05) is 13.8 Å². The third-order valence-electron chi connectivity index (χ3n) is 0.673. The zero-order valence-corrected chi connectivity index (χ0v) is 15.1. The smallest absolute Gasteiger partial charge is 0.667 e. The average Bonchev–Trinajstić information content (AvgIpc) is 1.91. The molecule has 0 aromatic carbocycles. The Morgan fingerprint density at radius 3 is 1.82 bits per heavy atom. The van der Waals surface area contributed by atoms with E-state index < -0.39 is 6.04 Å². The van der Waals surface area contributed by atoms with Gasteiger partial charge in [-0.1, -0.05) is 19.9 Å². The Bertz CT molecular complexity index is 83.0. The van der Waals surface area contributed by atoms with Gasteiger partial charge in [0, 0.05) is 27.0 Å². The van der Waals surface area contributed by atoms with Crippen LogP contribution in [0.25, 0.3) is 5.73 Å². The van der Waals surface area contributed by atoms with Crippen LogP contribution in [0.5, 0.6) is 0 Å². The van der Waals surface area contributed by atoms with Gasteiger partial charge in [0.1, 0.15) is 5.78 Å². The minimum Gasteiger partial charge on any atom is -0.667 e. The molecular weight excluding hydrogens is 390 g/mol. The third kappa shape index (κ3) is 18.8. The van der Waals surface area contributed by atoms with Crippen molar-refractivity contribution in [3.63, 3.8) is 0 Å². The van der Waals surface area contributed by atoms with Crippen LogP contribution in [0.4, 0.5) is 0 Å². The van der Waals surface area contributed by atoms with Gasteiger partial charge in [-0.3, -0.25) is 0 Å². The van der Waals surface area contributed by atoms with Crippen LogP contribution >= 0.6 is 0 Å². The average molecular weight is 404 g/mol. The van der Waals surface area contributed by atoms with E-state index in [0.29, 0.717) is 0 Å². The van der Waals surface area contributed by atoms with E-state index in [1.165, 1.54) is 6.92 Å². The van der Waals surface area contributed by atoms with Gasteiger partial charge in [-0.2, -0.15) is 0 Å². The van der Waals surface area contributed by atoms with E-state index >= 15 is 0 Å². The number of aliphatic hydroxyl groups excluding tert-OH is 1. The number of aliphatic hydroxyl groups is 1. The van der Waals surface area contributed by atoms with Gasteiger partial charge in [-0.25, -0.2) is 0 Å². The number of carbonyl (C=O) groups is 1. The van der Waals surface area contributed by atoms with Gasteiger partial charge in [0.2, 0.25) is 0 Å². The zero-order chi connectivity index (χ0) is 7.86. The predicted molar refractivity (Wildman–Crippen MR) is 37.2 cm³/mol. The number of hydrogen-bond acceptors (Lipinski definition) is 2. The molecule has 0 aromatic rings. The van der Waals surface area contributed by atoms with E-state index in [2.05, 4.69) is 0 Å². The third-order valence-corrected chi connectivity index (χ3v) is 0.673. The molecule has 0 fully saturated rings. The summed E-state index contributed by atoms with van der Waals surface area (Å²) < 4.78 is 0. The molecule has 1 atom stereocenters. The van der Waals surface area contributed by atoms with Crippen molar-refractivity contribution >= 4 is 5.78 Å². The van der Waals surface area contributed by atoms with Crippen LogP contribution in [0.2, 0.25) is 0 Å². The topological polar surface area (TPSA) is 61.1 Å². The largest absolute Gasteiger partial charge is 1.00 e. The van der Waals surface area contributed by atoms with Crippen LogP contribution in [0, 0.1) is 0 Å². The molecule has 0 aliphatic rings. The van der Waals surface area contributed by atoms with Crippen molar-refractivity contribution in [3.05, 3.63) is 5.73 Å². The fourth-order valence-corrected chi connectivity index (χ4v) is 0.129. The summed E-state index contributed by atoms with van der Waals surface area (Å²) in [5, 5.41) is 8.10. The molecule has 2 N–H and O–H groups in total. The predicted octanol–water partition coefficient (Wildman–Crippen LogP) is -1.98. The summed E-state index contributed by atoms with van der Waals surface area (Å²) in [6.45, 7) is 4.92. The van der Waals surface area contributed by atoms with E-state index in [4.69, 9.17) is 10.8 Å². The van der Waals surface area contributed by atoms with Gasteiger partial charge in [-0.15, -0.1) is 0 Å². The molecule has 0 heterocycles. The second-order valence-electron chi connectivity index (χ2n) is 1.35. The molecule has 0 aliphatic carbocycles. The summed E-state index contributed by atoms with van der Waals surface area (Å²) >= 11 is 0. The minimum absolute atomic E-state index is 0. The maximum atomic E-state index is 10.0. The Balaban J connectivity index is -0.0000000564. The molecule has 0 spiro atoms. The standard InChI is InChI=1S/C4H8NO2.C2H6.Rb.Re/c1-3(7)4(5)2-6;1-2;;/h4-6H,2H2,1H3;1-2H3;;/q-1;;+1;. The van der Waals surface area contributed by atoms with Crippen molar-refractivity contribution < 1.29 is 88.5 Å². The van der Waals surface area contributed by atoms with Crippen molar-refractivity contribution in [2.45, 2.75) is 26.8 Å². The van der Waals surface area contributed by atoms with E-state index in [1.54, 1.807) is 0 Å². The Morgan fingerprint density at radius 1 is 1.55 bits per heavy atom. The zero-order valence-electron chi connectivity index (χ0n) is 7.52. The number of ketones is 1. The van der Waals surface area contributed by atoms with Crippen molar-refractivity contribution in [1.29, 1.82) is 0 Å². The molecule has 0 saturated carbocycles. The Labute approximate surface area is 131 Å². The summed E-state index contributed by atoms with van der Waals surface area (Å²) in [6.07, 6.45) is 0. The first kappa shape index (κ1) is 23.1. The first-order valence-corrected chi connectivity index (χ1v) is 3.01. The normalized spacial score (nSPS) is 9.18. The number of Topliss-reactive ketones (excluding diaryl/α,β-unsaturated/α-hetero) is 1. The SMILES string of the molecule is CC.CC(=O)C([NH-])CO.[Rb+].[Re]. The van der Waals surface area contributed by atoms with Crippen LogP contribution in [-0.2, 0) is 25.2 Å². The van der Waals surface area contributed by atoms with Crippen molar-refractivity contribution in [1.82, 2.24) is 0 Å². The molecule has 0 aliphatic heterocycles. The Kier molecular flexibility index (Phi) is 37.8. The second-order valence-corrected chi connectivity index (χ2v) is 1.35. The molecule has 0 amide bonds. The van der Waals surface area contributed by atoms with Crippen molar-refractivity contribution in [2.24, 2.45) is 0 Å². The Morgan fingerprint density at radius 2 is 1.82 bits per heavy atom. The summed E-state index contributed by atoms with van der Waals surface area (Å²) in [4.78, 5) is 10.0. The fraction of sp³-hybridized carbons (Fsp3) is 0.833. The van der Waals surface area contributed by atoms with Crippen LogP contribution < -0.4 is 58.2 Å². The maximum absolute atomic E-state index is 10.0. The molecule has 0 bridgehead atoms. The van der Waals surface area contributed by atoms with E-state index in [9.17, 15) is 4.79 Å². The monoisotopic (exact) mass is 404 g/mol. The van der Waals surface area contributed by atoms with Crippen LogP contribution in [0.3, 0.4) is 0 Å². The minimum atomic E-state index is -0.931. The first-order chi connectivity index (χ1) is 4.18. The quantitative estimate of drug-likeness (QED) is 0.581. The van der Waals surface area contributed by atoms with Crippen LogP contribution in [0.1, 0.15) is 20.8 Å². The summed E-state index contributed by atoms with van der Waals surface area (Å²) in [5.74, 6) is -0.289. The van der Waals surface area contributed by atoms with Gasteiger partial charge in [0.15, 0.2) is 0 Å². The maximum Gasteiger partial charge on any atom is 1.00 e. The molecule has 1 unspecified atom stereocenters. The Hall–Kier alpha value is 2.06. The van der Waals surface area contributed by atoms with Gasteiger partial charge in [-0.05, 0) is 6.92 Å². The first-order valence-electron chi connectivity index (χ1n) is 3.01. The summed E-state index contributed by atoms with van der Waals surface area (Å²) in [5.41, 5.74) is 6.68. The van der Waals surface area contributed by atoms with Crippen LogP contribution in [-0.4, -0.2) is 23.5 Å². The van der Waals surface area contributed by atoms with E-state index in [0.717, 1.165) is 0 Å². The number of rotatable bonds is 2. The molecule has 3 nitrogen and oxygen atoms in total. The van der Waals surface area contributed by atoms with E-state index in [-0.39, 0.29) is 91.0 Å². The fourth-order valence-electron chi connectivity index (χ4n) is 0.129. The summed E-state index contributed by atoms with van der Waals surface area (Å²) in [6, 6.07) is -0.931. The van der Waals surface area contributed by atoms with Gasteiger partial charge in [0.05, 0.1) is 0 Å². The van der Waals surface area contributed by atoms with Gasteiger partial charge >= 0.3 is 58.2 Å². The van der Waals surface area contributed by atoms with Gasteiger partial charge < -0.3 is 15.6 Å². The molecule has 63 valence electrons. The molecule has 0 saturated heterocycles. The molecule has 11 heavy (non-hydrogen) atoms. The van der Waals surface area contributed by atoms with Crippen molar-refractivity contribution in [3.8, 4) is 0 Å². The molecule has 5 heteroatoms. The number of hydrogen-bond donors (Lipinski definition) is 1.